The van der Waals surface area contributed by atoms with Gasteiger partial charge in [0.15, 0.2) is 0 Å². The lowest BCUT2D eigenvalue weighted by Gasteiger charge is -2.09. The Morgan fingerprint density at radius 3 is 2.81 bits per heavy atom. The Labute approximate surface area is 151 Å². The summed E-state index contributed by atoms with van der Waals surface area (Å²) in [7, 11) is 0. The summed E-state index contributed by atoms with van der Waals surface area (Å²) < 4.78 is 7.16. The SMILES string of the molecule is O=C(NCC1CCCO1)c1cn(-c2ccc(NC(=O)C3CC3)cn2)cn1. The van der Waals surface area contributed by atoms with E-state index >= 15 is 0 Å². The lowest BCUT2D eigenvalue weighted by Crippen LogP contribution is -2.31. The zero-order chi connectivity index (χ0) is 17.9. The van der Waals surface area contributed by atoms with Gasteiger partial charge in [-0.3, -0.25) is 14.2 Å². The first-order chi connectivity index (χ1) is 12.7. The number of nitrogens with zero attached hydrogens (tertiary/aromatic N) is 3. The molecule has 1 unspecified atom stereocenters. The van der Waals surface area contributed by atoms with Gasteiger partial charge < -0.3 is 15.4 Å². The molecule has 1 aliphatic heterocycles. The molecule has 2 fully saturated rings. The number of carbonyl (C=O) groups excluding carboxylic acids is 2. The molecule has 0 radical (unpaired) electrons. The molecule has 1 saturated carbocycles. The van der Waals surface area contributed by atoms with E-state index in [4.69, 9.17) is 4.74 Å². The summed E-state index contributed by atoms with van der Waals surface area (Å²) in [6, 6.07) is 3.57. The van der Waals surface area contributed by atoms with E-state index in [1.165, 1.54) is 0 Å². The van der Waals surface area contributed by atoms with Crippen molar-refractivity contribution in [1.82, 2.24) is 19.9 Å². The van der Waals surface area contributed by atoms with Crippen LogP contribution in [-0.4, -0.2) is 45.6 Å². The minimum atomic E-state index is -0.229. The Balaban J connectivity index is 1.35. The Morgan fingerprint density at radius 1 is 1.23 bits per heavy atom. The molecule has 1 saturated heterocycles. The number of imidazole rings is 1. The fraction of sp³-hybridized carbons (Fsp3) is 0.444. The molecule has 1 atom stereocenters. The molecule has 0 bridgehead atoms. The fourth-order valence-corrected chi connectivity index (χ4v) is 2.87. The maximum Gasteiger partial charge on any atom is 0.271 e. The third-order valence-corrected chi connectivity index (χ3v) is 4.56. The highest BCUT2D eigenvalue weighted by Crippen LogP contribution is 2.30. The number of hydrogen-bond donors (Lipinski definition) is 2. The minimum absolute atomic E-state index is 0.0485. The lowest BCUT2D eigenvalue weighted by atomic mass is 10.2. The molecule has 2 aliphatic rings. The van der Waals surface area contributed by atoms with Gasteiger partial charge in [-0.15, -0.1) is 0 Å². The first-order valence-electron chi connectivity index (χ1n) is 8.90. The Kier molecular flexibility index (Phi) is 4.66. The average molecular weight is 355 g/mol. The zero-order valence-corrected chi connectivity index (χ0v) is 14.4. The smallest absolute Gasteiger partial charge is 0.271 e. The molecule has 26 heavy (non-hydrogen) atoms. The second-order valence-electron chi connectivity index (χ2n) is 6.68. The third-order valence-electron chi connectivity index (χ3n) is 4.56. The number of aromatic nitrogens is 3. The number of anilines is 1. The molecule has 2 aromatic heterocycles. The highest BCUT2D eigenvalue weighted by atomic mass is 16.5. The van der Waals surface area contributed by atoms with Crippen LogP contribution in [0.5, 0.6) is 0 Å². The van der Waals surface area contributed by atoms with E-state index in [0.717, 1.165) is 32.3 Å². The molecule has 8 nitrogen and oxygen atoms in total. The minimum Gasteiger partial charge on any atom is -0.376 e. The van der Waals surface area contributed by atoms with Crippen molar-refractivity contribution in [2.75, 3.05) is 18.5 Å². The number of hydrogen-bond acceptors (Lipinski definition) is 5. The number of amides is 2. The second-order valence-corrected chi connectivity index (χ2v) is 6.68. The number of carbonyl (C=O) groups is 2. The molecule has 3 heterocycles. The summed E-state index contributed by atoms with van der Waals surface area (Å²) in [6.45, 7) is 1.26. The molecule has 2 aromatic rings. The maximum absolute atomic E-state index is 12.2. The number of rotatable bonds is 6. The number of ether oxygens (including phenoxy) is 1. The van der Waals surface area contributed by atoms with Crippen LogP contribution in [0, 0.1) is 5.92 Å². The summed E-state index contributed by atoms with van der Waals surface area (Å²) in [5.74, 6) is 0.596. The molecule has 0 spiro atoms. The summed E-state index contributed by atoms with van der Waals surface area (Å²) in [4.78, 5) is 32.4. The maximum atomic E-state index is 12.2. The quantitative estimate of drug-likeness (QED) is 0.819. The van der Waals surface area contributed by atoms with Crippen molar-refractivity contribution in [3.63, 3.8) is 0 Å². The van der Waals surface area contributed by atoms with Crippen LogP contribution in [0.4, 0.5) is 5.69 Å². The largest absolute Gasteiger partial charge is 0.376 e. The molecular formula is C18H21N5O3. The summed E-state index contributed by atoms with van der Waals surface area (Å²) >= 11 is 0. The van der Waals surface area contributed by atoms with Crippen LogP contribution in [0.25, 0.3) is 5.82 Å². The van der Waals surface area contributed by atoms with Crippen molar-refractivity contribution in [1.29, 1.82) is 0 Å². The van der Waals surface area contributed by atoms with E-state index in [1.54, 1.807) is 35.4 Å². The Morgan fingerprint density at radius 2 is 2.12 bits per heavy atom. The topological polar surface area (TPSA) is 98.1 Å². The molecular weight excluding hydrogens is 334 g/mol. The molecule has 2 N–H and O–H groups in total. The van der Waals surface area contributed by atoms with Gasteiger partial charge >= 0.3 is 0 Å². The van der Waals surface area contributed by atoms with Crippen molar-refractivity contribution in [3.8, 4) is 5.82 Å². The predicted molar refractivity (Wildman–Crippen MR) is 94.0 cm³/mol. The van der Waals surface area contributed by atoms with Crippen LogP contribution in [0.15, 0.2) is 30.9 Å². The van der Waals surface area contributed by atoms with Crippen molar-refractivity contribution < 1.29 is 14.3 Å². The monoisotopic (exact) mass is 355 g/mol. The first-order valence-corrected chi connectivity index (χ1v) is 8.90. The van der Waals surface area contributed by atoms with Gasteiger partial charge in [-0.25, -0.2) is 9.97 Å². The van der Waals surface area contributed by atoms with Gasteiger partial charge in [-0.05, 0) is 37.8 Å². The molecule has 0 aromatic carbocycles. The van der Waals surface area contributed by atoms with Crippen LogP contribution in [0.3, 0.4) is 0 Å². The third kappa shape index (κ3) is 3.91. The van der Waals surface area contributed by atoms with E-state index < -0.39 is 0 Å². The van der Waals surface area contributed by atoms with Crippen LogP contribution in [-0.2, 0) is 9.53 Å². The van der Waals surface area contributed by atoms with Crippen LogP contribution < -0.4 is 10.6 Å². The Bertz CT molecular complexity index is 791. The van der Waals surface area contributed by atoms with Gasteiger partial charge in [0, 0.05) is 25.3 Å². The summed E-state index contributed by atoms with van der Waals surface area (Å²) in [5.41, 5.74) is 0.996. The van der Waals surface area contributed by atoms with E-state index in [-0.39, 0.29) is 23.8 Å². The summed E-state index contributed by atoms with van der Waals surface area (Å²) in [6.07, 6.45) is 8.82. The summed E-state index contributed by atoms with van der Waals surface area (Å²) in [5, 5.41) is 5.69. The Hall–Kier alpha value is -2.74. The standard InChI is InChI=1S/C18H21N5O3/c24-17(12-3-4-12)22-13-5-6-16(19-8-13)23-10-15(21-11-23)18(25)20-9-14-2-1-7-26-14/h5-6,8,10-12,14H,1-4,7,9H2,(H,20,25)(H,22,24). The van der Waals surface area contributed by atoms with Crippen LogP contribution >= 0.6 is 0 Å². The van der Waals surface area contributed by atoms with Gasteiger partial charge in [0.2, 0.25) is 5.91 Å². The normalized spacial score (nSPS) is 19.3. The molecule has 4 rings (SSSR count). The van der Waals surface area contributed by atoms with Gasteiger partial charge in [0.05, 0.1) is 18.0 Å². The highest BCUT2D eigenvalue weighted by molar-refractivity contribution is 5.94. The van der Waals surface area contributed by atoms with Gasteiger partial charge in [0.1, 0.15) is 17.8 Å². The van der Waals surface area contributed by atoms with Crippen molar-refractivity contribution in [2.24, 2.45) is 5.92 Å². The fourth-order valence-electron chi connectivity index (χ4n) is 2.87. The number of nitrogens with one attached hydrogen (secondary N) is 2. The van der Waals surface area contributed by atoms with Crippen LogP contribution in [0.2, 0.25) is 0 Å². The molecule has 136 valence electrons. The zero-order valence-electron chi connectivity index (χ0n) is 14.4. The average Bonchev–Trinajstić information content (AvgIpc) is 3.17. The van der Waals surface area contributed by atoms with Gasteiger partial charge in [-0.2, -0.15) is 0 Å². The highest BCUT2D eigenvalue weighted by Gasteiger charge is 2.29. The molecule has 1 aliphatic carbocycles. The van der Waals surface area contributed by atoms with E-state index in [9.17, 15) is 9.59 Å². The van der Waals surface area contributed by atoms with Gasteiger partial charge in [0.25, 0.3) is 5.91 Å². The molecule has 8 heteroatoms. The second kappa shape index (κ2) is 7.25. The van der Waals surface area contributed by atoms with Crippen molar-refractivity contribution in [2.45, 2.75) is 31.8 Å². The van der Waals surface area contributed by atoms with Gasteiger partial charge in [-0.1, -0.05) is 0 Å². The lowest BCUT2D eigenvalue weighted by molar-refractivity contribution is -0.117. The van der Waals surface area contributed by atoms with E-state index in [1.807, 2.05) is 0 Å². The van der Waals surface area contributed by atoms with E-state index in [0.29, 0.717) is 23.7 Å². The first kappa shape index (κ1) is 16.7. The van der Waals surface area contributed by atoms with E-state index in [2.05, 4.69) is 20.6 Å². The van der Waals surface area contributed by atoms with Crippen molar-refractivity contribution in [3.05, 3.63) is 36.5 Å². The predicted octanol–water partition coefficient (Wildman–Crippen LogP) is 1.52. The van der Waals surface area contributed by atoms with Crippen LogP contribution in [0.1, 0.15) is 36.2 Å². The van der Waals surface area contributed by atoms with Crippen molar-refractivity contribution >= 4 is 17.5 Å². The molecule has 2 amide bonds. The number of pyridine rings is 1.